The molecule has 1 aliphatic carbocycles. The quantitative estimate of drug-likeness (QED) is 0.391. The Balaban J connectivity index is 1.28. The van der Waals surface area contributed by atoms with Crippen LogP contribution in [0.3, 0.4) is 0 Å². The second-order valence-corrected chi connectivity index (χ2v) is 13.6. The third-order valence-corrected chi connectivity index (χ3v) is 10.3. The molecule has 2 fully saturated rings. The Hall–Kier alpha value is -2.78. The predicted molar refractivity (Wildman–Crippen MR) is 147 cm³/mol. The molecule has 196 valence electrons. The molecule has 2 N–H and O–H groups in total. The van der Waals surface area contributed by atoms with E-state index in [1.807, 2.05) is 4.52 Å². The zero-order chi connectivity index (χ0) is 25.9. The average Bonchev–Trinajstić information content (AvgIpc) is 3.57. The van der Waals surface area contributed by atoms with E-state index in [2.05, 4.69) is 66.4 Å². The summed E-state index contributed by atoms with van der Waals surface area (Å²) in [5.74, 6) is 1.36. The summed E-state index contributed by atoms with van der Waals surface area (Å²) in [6, 6.07) is 4.91. The van der Waals surface area contributed by atoms with Crippen LogP contribution >= 0.6 is 0 Å². The summed E-state index contributed by atoms with van der Waals surface area (Å²) in [5, 5.41) is 8.02. The topological polar surface area (TPSA) is 105 Å². The lowest BCUT2D eigenvalue weighted by Gasteiger charge is -2.30. The number of sulfone groups is 1. The van der Waals surface area contributed by atoms with Crippen LogP contribution in [-0.2, 0) is 9.84 Å². The van der Waals surface area contributed by atoms with Crippen molar-refractivity contribution in [1.82, 2.24) is 29.9 Å². The smallest absolute Gasteiger partial charge is 0.158 e. The largest absolute Gasteiger partial charge is 0.353 e. The number of nitrogens with one attached hydrogen (secondary N) is 2. The first-order chi connectivity index (χ1) is 17.7. The average molecular weight is 521 g/mol. The third-order valence-electron chi connectivity index (χ3n) is 8.52. The third kappa shape index (κ3) is 4.46. The molecular formula is C28H36N6O2S. The SMILES string of the molecule is Cc1c(-c2[nH]c3ccc(C4CCC(NC5CCS(=O)(=O)C5)CC4)nc3c2C(C)C)cn2ncnc2c1C. The van der Waals surface area contributed by atoms with Gasteiger partial charge in [0.15, 0.2) is 15.5 Å². The fraction of sp³-hybridized carbons (Fsp3) is 0.536. The summed E-state index contributed by atoms with van der Waals surface area (Å²) >= 11 is 0. The van der Waals surface area contributed by atoms with E-state index in [1.165, 1.54) is 16.8 Å². The predicted octanol–water partition coefficient (Wildman–Crippen LogP) is 4.82. The van der Waals surface area contributed by atoms with E-state index in [0.717, 1.165) is 65.6 Å². The van der Waals surface area contributed by atoms with Gasteiger partial charge in [-0.2, -0.15) is 5.10 Å². The number of rotatable bonds is 5. The van der Waals surface area contributed by atoms with Gasteiger partial charge in [-0.1, -0.05) is 13.8 Å². The van der Waals surface area contributed by atoms with Gasteiger partial charge < -0.3 is 10.3 Å². The number of pyridine rings is 2. The highest BCUT2D eigenvalue weighted by molar-refractivity contribution is 7.91. The second kappa shape index (κ2) is 9.20. The normalized spacial score (nSPS) is 24.0. The summed E-state index contributed by atoms with van der Waals surface area (Å²) in [6.45, 7) is 8.72. The first kappa shape index (κ1) is 24.6. The molecule has 4 aromatic rings. The van der Waals surface area contributed by atoms with E-state index in [4.69, 9.17) is 4.98 Å². The lowest BCUT2D eigenvalue weighted by atomic mass is 9.83. The highest BCUT2D eigenvalue weighted by Gasteiger charge is 2.31. The van der Waals surface area contributed by atoms with Crippen molar-refractivity contribution in [2.24, 2.45) is 0 Å². The maximum atomic E-state index is 11.8. The molecule has 0 aromatic carbocycles. The van der Waals surface area contributed by atoms with Crippen LogP contribution in [0.25, 0.3) is 27.9 Å². The Morgan fingerprint density at radius 1 is 1.05 bits per heavy atom. The molecule has 1 saturated carbocycles. The minimum atomic E-state index is -2.85. The van der Waals surface area contributed by atoms with Gasteiger partial charge in [0.05, 0.1) is 28.2 Å². The van der Waals surface area contributed by atoms with Crippen molar-refractivity contribution in [1.29, 1.82) is 0 Å². The zero-order valence-corrected chi connectivity index (χ0v) is 22.9. The lowest BCUT2D eigenvalue weighted by molar-refractivity contribution is 0.319. The molecule has 2 aliphatic rings. The number of aryl methyl sites for hydroxylation is 1. The van der Waals surface area contributed by atoms with Crippen molar-refractivity contribution in [3.8, 4) is 11.3 Å². The Kier molecular flexibility index (Phi) is 6.11. The van der Waals surface area contributed by atoms with Crippen molar-refractivity contribution in [2.75, 3.05) is 11.5 Å². The van der Waals surface area contributed by atoms with E-state index in [9.17, 15) is 8.42 Å². The van der Waals surface area contributed by atoms with Gasteiger partial charge in [0.1, 0.15) is 6.33 Å². The minimum Gasteiger partial charge on any atom is -0.353 e. The maximum absolute atomic E-state index is 11.8. The van der Waals surface area contributed by atoms with Crippen LogP contribution in [0, 0.1) is 13.8 Å². The standard InChI is InChI=1S/C28H36N6O2S/c1-16(2)25-26(22-13-34-28(29-15-30-34)18(4)17(22)3)33-24-10-9-23(32-27(24)25)19-5-7-20(8-6-19)31-21-11-12-37(35,36)14-21/h9-10,13,15-16,19-21,31,33H,5-8,11-12,14H2,1-4H3. The molecule has 0 bridgehead atoms. The van der Waals surface area contributed by atoms with Crippen LogP contribution in [0.2, 0.25) is 0 Å². The molecule has 1 saturated heterocycles. The van der Waals surface area contributed by atoms with Crippen LogP contribution in [0.4, 0.5) is 0 Å². The number of nitrogens with zero attached hydrogens (tertiary/aromatic N) is 4. The molecule has 0 radical (unpaired) electrons. The van der Waals surface area contributed by atoms with E-state index >= 15 is 0 Å². The van der Waals surface area contributed by atoms with E-state index in [1.54, 1.807) is 6.33 Å². The molecule has 0 spiro atoms. The minimum absolute atomic E-state index is 0.122. The second-order valence-electron chi connectivity index (χ2n) is 11.3. The van der Waals surface area contributed by atoms with Gasteiger partial charge >= 0.3 is 0 Å². The van der Waals surface area contributed by atoms with Crippen molar-refractivity contribution < 1.29 is 8.42 Å². The summed E-state index contributed by atoms with van der Waals surface area (Å²) in [7, 11) is -2.85. The van der Waals surface area contributed by atoms with Crippen molar-refractivity contribution in [2.45, 2.75) is 83.7 Å². The fourth-order valence-electron chi connectivity index (χ4n) is 6.37. The molecule has 6 rings (SSSR count). The summed E-state index contributed by atoms with van der Waals surface area (Å²) < 4.78 is 25.5. The van der Waals surface area contributed by atoms with Crippen LogP contribution in [0.15, 0.2) is 24.7 Å². The number of hydrogen-bond acceptors (Lipinski definition) is 6. The van der Waals surface area contributed by atoms with E-state index in [-0.39, 0.29) is 6.04 Å². The molecule has 9 heteroatoms. The number of aromatic nitrogens is 5. The van der Waals surface area contributed by atoms with Gasteiger partial charge in [0.2, 0.25) is 0 Å². The Morgan fingerprint density at radius 3 is 2.54 bits per heavy atom. The van der Waals surface area contributed by atoms with Crippen LogP contribution < -0.4 is 5.32 Å². The van der Waals surface area contributed by atoms with Gasteiger partial charge in [-0.3, -0.25) is 4.98 Å². The molecule has 37 heavy (non-hydrogen) atoms. The van der Waals surface area contributed by atoms with Crippen LogP contribution in [0.1, 0.15) is 80.2 Å². The molecule has 0 amide bonds. The highest BCUT2D eigenvalue weighted by Crippen LogP contribution is 2.39. The molecule has 5 heterocycles. The Morgan fingerprint density at radius 2 is 1.84 bits per heavy atom. The first-order valence-corrected chi connectivity index (χ1v) is 15.3. The van der Waals surface area contributed by atoms with Gasteiger partial charge in [0, 0.05) is 41.0 Å². The van der Waals surface area contributed by atoms with Gasteiger partial charge in [0.25, 0.3) is 0 Å². The van der Waals surface area contributed by atoms with Gasteiger partial charge in [-0.05, 0) is 75.1 Å². The Labute approximate surface area is 218 Å². The number of fused-ring (bicyclic) bond motifs is 2. The van der Waals surface area contributed by atoms with E-state index in [0.29, 0.717) is 29.4 Å². The lowest BCUT2D eigenvalue weighted by Crippen LogP contribution is -2.41. The summed E-state index contributed by atoms with van der Waals surface area (Å²) in [6.07, 6.45) is 8.70. The van der Waals surface area contributed by atoms with Crippen molar-refractivity contribution in [3.05, 3.63) is 47.0 Å². The van der Waals surface area contributed by atoms with Crippen molar-refractivity contribution in [3.63, 3.8) is 0 Å². The molecular weight excluding hydrogens is 484 g/mol. The molecule has 4 aromatic heterocycles. The summed E-state index contributed by atoms with van der Waals surface area (Å²) in [4.78, 5) is 13.4. The highest BCUT2D eigenvalue weighted by atomic mass is 32.2. The van der Waals surface area contributed by atoms with Gasteiger partial charge in [-0.15, -0.1) is 0 Å². The Bertz CT molecular complexity index is 1580. The first-order valence-electron chi connectivity index (χ1n) is 13.5. The number of aromatic amines is 1. The van der Waals surface area contributed by atoms with Crippen molar-refractivity contribution >= 4 is 26.5 Å². The van der Waals surface area contributed by atoms with Crippen LogP contribution in [-0.4, -0.2) is 56.6 Å². The molecule has 1 atom stereocenters. The molecule has 1 unspecified atom stereocenters. The monoisotopic (exact) mass is 520 g/mol. The van der Waals surface area contributed by atoms with E-state index < -0.39 is 9.84 Å². The summed E-state index contributed by atoms with van der Waals surface area (Å²) in [5.41, 5.74) is 10.0. The zero-order valence-electron chi connectivity index (χ0n) is 22.1. The van der Waals surface area contributed by atoms with Crippen LogP contribution in [0.5, 0.6) is 0 Å². The molecule has 1 aliphatic heterocycles. The number of hydrogen-bond donors (Lipinski definition) is 2. The van der Waals surface area contributed by atoms with Gasteiger partial charge in [-0.25, -0.2) is 17.9 Å². The maximum Gasteiger partial charge on any atom is 0.158 e. The molecule has 8 nitrogen and oxygen atoms in total. The fourth-order valence-corrected chi connectivity index (χ4v) is 8.06. The number of H-pyrrole nitrogens is 1.